The molecule has 0 aliphatic heterocycles. The molecule has 0 bridgehead atoms. The smallest absolute Gasteiger partial charge is 0.358 e. The van der Waals surface area contributed by atoms with Gasteiger partial charge in [-0.15, -0.1) is 0 Å². The molecule has 0 spiro atoms. The molecule has 0 unspecified atom stereocenters. The normalized spacial score (nSPS) is 14.4. The molecule has 0 aromatic rings. The van der Waals surface area contributed by atoms with E-state index in [0.717, 1.165) is 0 Å². The summed E-state index contributed by atoms with van der Waals surface area (Å²) in [5.74, 6) is 0. The van der Waals surface area contributed by atoms with Crippen LogP contribution >= 0.6 is 0 Å². The van der Waals surface area contributed by atoms with Crippen LogP contribution in [-0.2, 0) is 22.4 Å². The molecule has 1 rings (SSSR count). The SMILES string of the molecule is [CH-]1CC1.[CH3-].[Nb+2]. The van der Waals surface area contributed by atoms with Crippen LogP contribution in [0.15, 0.2) is 0 Å². The Morgan fingerprint density at radius 2 is 1.40 bits per heavy atom. The standard InChI is InChI=1S/C3H5.CH3.Nb/c1-2-3-1;;/h1H,2-3H2;1H3;/q2*-1;+2. The van der Waals surface area contributed by atoms with Gasteiger partial charge in [-0.1, -0.05) is 0 Å². The monoisotopic (exact) mass is 149 g/mol. The molecular weight excluding hydrogens is 141 g/mol. The van der Waals surface area contributed by atoms with Gasteiger partial charge in [0.1, 0.15) is 0 Å². The fraction of sp³-hybridized carbons (Fsp3) is 0.500. The minimum Gasteiger partial charge on any atom is -0.358 e. The second kappa shape index (κ2) is 4.74. The van der Waals surface area contributed by atoms with E-state index in [1.807, 2.05) is 0 Å². The quantitative estimate of drug-likeness (QED) is 0.361. The Kier molecular flexibility index (Phi) is 8.74. The molecule has 0 N–H and O–H groups in total. The second-order valence-electron chi connectivity index (χ2n) is 0.866. The van der Waals surface area contributed by atoms with Gasteiger partial charge in [0.25, 0.3) is 0 Å². The molecule has 1 aliphatic carbocycles. The number of rotatable bonds is 0. The maximum absolute atomic E-state index is 2.25. The summed E-state index contributed by atoms with van der Waals surface area (Å²) in [6.07, 6.45) is 5.00. The Labute approximate surface area is 49.5 Å². The molecule has 1 heteroatoms. The van der Waals surface area contributed by atoms with Crippen LogP contribution in [0.25, 0.3) is 0 Å². The van der Waals surface area contributed by atoms with Crippen molar-refractivity contribution in [3.8, 4) is 0 Å². The van der Waals surface area contributed by atoms with Gasteiger partial charge >= 0.3 is 22.4 Å². The van der Waals surface area contributed by atoms with E-state index in [9.17, 15) is 0 Å². The molecule has 29 valence electrons. The summed E-state index contributed by atoms with van der Waals surface area (Å²) in [7, 11) is 0. The number of hydrogen-bond donors (Lipinski definition) is 0. The second-order valence-corrected chi connectivity index (χ2v) is 0.866. The molecular formula is C4H8Nb. The Morgan fingerprint density at radius 1 is 1.20 bits per heavy atom. The minimum atomic E-state index is 0. The predicted octanol–water partition coefficient (Wildman–Crippen LogP) is 1.43. The van der Waals surface area contributed by atoms with Crippen molar-refractivity contribution in [2.75, 3.05) is 0 Å². The van der Waals surface area contributed by atoms with Crippen LogP contribution in [0.4, 0.5) is 0 Å². The molecule has 0 saturated heterocycles. The van der Waals surface area contributed by atoms with Crippen molar-refractivity contribution in [1.82, 2.24) is 0 Å². The molecule has 0 amide bonds. The topological polar surface area (TPSA) is 0 Å². The van der Waals surface area contributed by atoms with Gasteiger partial charge in [-0.05, 0) is 0 Å². The Morgan fingerprint density at radius 3 is 1.40 bits per heavy atom. The van der Waals surface area contributed by atoms with Crippen molar-refractivity contribution >= 4 is 0 Å². The van der Waals surface area contributed by atoms with E-state index in [4.69, 9.17) is 0 Å². The van der Waals surface area contributed by atoms with Crippen LogP contribution in [0.2, 0.25) is 0 Å². The van der Waals surface area contributed by atoms with E-state index in [0.29, 0.717) is 0 Å². The largest absolute Gasteiger partial charge is 2.00 e. The van der Waals surface area contributed by atoms with Crippen LogP contribution in [-0.4, -0.2) is 0 Å². The third kappa shape index (κ3) is 11.8. The molecule has 0 nitrogen and oxygen atoms in total. The first-order chi connectivity index (χ1) is 1.50. The average molecular weight is 149 g/mol. The summed E-state index contributed by atoms with van der Waals surface area (Å²) in [6, 6.07) is 0. The average Bonchev–Trinajstić information content (AvgIpc) is 1.46. The summed E-state index contributed by atoms with van der Waals surface area (Å²) in [6.45, 7) is 0. The maximum Gasteiger partial charge on any atom is 2.00 e. The molecule has 1 fully saturated rings. The molecule has 0 aromatic heterocycles. The summed E-state index contributed by atoms with van der Waals surface area (Å²) < 4.78 is 0. The molecule has 0 heterocycles. The fourth-order valence-electron chi connectivity index (χ4n) is 0. The van der Waals surface area contributed by atoms with Crippen molar-refractivity contribution < 1.29 is 22.4 Å². The summed E-state index contributed by atoms with van der Waals surface area (Å²) in [4.78, 5) is 0. The van der Waals surface area contributed by atoms with E-state index in [1.54, 1.807) is 0 Å². The van der Waals surface area contributed by atoms with E-state index in [1.165, 1.54) is 12.8 Å². The van der Waals surface area contributed by atoms with Crippen molar-refractivity contribution in [3.05, 3.63) is 13.8 Å². The van der Waals surface area contributed by atoms with Crippen LogP contribution in [0, 0.1) is 13.8 Å². The van der Waals surface area contributed by atoms with Gasteiger partial charge < -0.3 is 13.8 Å². The van der Waals surface area contributed by atoms with Gasteiger partial charge in [-0.25, -0.2) is 12.8 Å². The summed E-state index contributed by atoms with van der Waals surface area (Å²) in [5.41, 5.74) is 0. The zero-order valence-corrected chi connectivity index (χ0v) is 5.64. The summed E-state index contributed by atoms with van der Waals surface area (Å²) in [5, 5.41) is 0. The predicted molar refractivity (Wildman–Crippen MR) is 19.9 cm³/mol. The fourth-order valence-corrected chi connectivity index (χ4v) is 0. The zero-order valence-electron chi connectivity index (χ0n) is 3.44. The Hall–Kier alpha value is 0.740. The molecule has 0 aromatic carbocycles. The van der Waals surface area contributed by atoms with Gasteiger partial charge in [-0.3, -0.25) is 0 Å². The van der Waals surface area contributed by atoms with E-state index in [2.05, 4.69) is 6.42 Å². The van der Waals surface area contributed by atoms with E-state index < -0.39 is 0 Å². The Bertz CT molecular complexity index is 8.36. The van der Waals surface area contributed by atoms with Crippen LogP contribution < -0.4 is 0 Å². The number of hydrogen-bond acceptors (Lipinski definition) is 0. The maximum atomic E-state index is 2.25. The van der Waals surface area contributed by atoms with Gasteiger partial charge in [0.15, 0.2) is 0 Å². The minimum absolute atomic E-state index is 0. The van der Waals surface area contributed by atoms with Crippen LogP contribution in [0.3, 0.4) is 0 Å². The zero-order chi connectivity index (χ0) is 2.12. The first-order valence-corrected chi connectivity index (χ1v) is 1.32. The molecule has 5 heavy (non-hydrogen) atoms. The summed E-state index contributed by atoms with van der Waals surface area (Å²) >= 11 is 0. The van der Waals surface area contributed by atoms with Crippen molar-refractivity contribution in [2.45, 2.75) is 12.8 Å². The van der Waals surface area contributed by atoms with Gasteiger partial charge in [0, 0.05) is 0 Å². The van der Waals surface area contributed by atoms with E-state index in [-0.39, 0.29) is 29.8 Å². The molecule has 1 saturated carbocycles. The first-order valence-electron chi connectivity index (χ1n) is 1.32. The van der Waals surface area contributed by atoms with Crippen LogP contribution in [0.1, 0.15) is 12.8 Å². The first kappa shape index (κ1) is 9.22. The van der Waals surface area contributed by atoms with E-state index >= 15 is 0 Å². The van der Waals surface area contributed by atoms with Crippen LogP contribution in [0.5, 0.6) is 0 Å². The third-order valence-electron chi connectivity index (χ3n) is 0.289. The molecule has 1 radical (unpaired) electrons. The van der Waals surface area contributed by atoms with Crippen molar-refractivity contribution in [1.29, 1.82) is 0 Å². The molecule has 1 aliphatic rings. The van der Waals surface area contributed by atoms with Crippen molar-refractivity contribution in [3.63, 3.8) is 0 Å². The third-order valence-corrected chi connectivity index (χ3v) is 0.289. The molecule has 0 atom stereocenters. The Balaban J connectivity index is 0. The van der Waals surface area contributed by atoms with Crippen molar-refractivity contribution in [2.24, 2.45) is 0 Å². The van der Waals surface area contributed by atoms with Gasteiger partial charge in [-0.2, -0.15) is 0 Å². The van der Waals surface area contributed by atoms with Gasteiger partial charge in [0.05, 0.1) is 0 Å². The van der Waals surface area contributed by atoms with Gasteiger partial charge in [0.2, 0.25) is 0 Å².